The number of rotatable bonds is 4. The van der Waals surface area contributed by atoms with Crippen LogP contribution in [0.2, 0.25) is 5.02 Å². The fourth-order valence-electron chi connectivity index (χ4n) is 2.59. The van der Waals surface area contributed by atoms with E-state index < -0.39 is 6.04 Å². The Kier molecular flexibility index (Phi) is 4.05. The summed E-state index contributed by atoms with van der Waals surface area (Å²) in [5.41, 5.74) is 1.35. The standard InChI is InChI=1S/C17H15ClN4O2S/c1-9(22-15(23)7-6-12(21-22)10-2-3-10)16(24)20-17-19-13-5-4-11(18)8-14(13)25-17/h4-10H,2-3H2,1H3,(H,19,20,24). The third-order valence-electron chi connectivity index (χ3n) is 4.17. The van der Waals surface area contributed by atoms with Gasteiger partial charge in [-0.1, -0.05) is 22.9 Å². The molecule has 3 aromatic rings. The van der Waals surface area contributed by atoms with Crippen LogP contribution in [0.15, 0.2) is 35.1 Å². The van der Waals surface area contributed by atoms with Crippen molar-refractivity contribution in [2.24, 2.45) is 0 Å². The van der Waals surface area contributed by atoms with E-state index in [-0.39, 0.29) is 11.5 Å². The molecule has 0 saturated heterocycles. The molecule has 1 saturated carbocycles. The molecule has 1 aliphatic carbocycles. The molecule has 0 radical (unpaired) electrons. The summed E-state index contributed by atoms with van der Waals surface area (Å²) in [6.07, 6.45) is 2.17. The van der Waals surface area contributed by atoms with Gasteiger partial charge in [-0.05, 0) is 44.0 Å². The fraction of sp³-hybridized carbons (Fsp3) is 0.294. The van der Waals surface area contributed by atoms with Gasteiger partial charge in [0.05, 0.1) is 15.9 Å². The van der Waals surface area contributed by atoms with Gasteiger partial charge in [0.2, 0.25) is 0 Å². The maximum absolute atomic E-state index is 12.5. The molecule has 1 amide bonds. The summed E-state index contributed by atoms with van der Waals surface area (Å²) in [6.45, 7) is 1.66. The molecule has 1 N–H and O–H groups in total. The molecule has 1 aromatic carbocycles. The highest BCUT2D eigenvalue weighted by Gasteiger charge is 2.27. The van der Waals surface area contributed by atoms with Crippen LogP contribution in [0.3, 0.4) is 0 Å². The second-order valence-corrected chi connectivity index (χ2v) is 7.58. The van der Waals surface area contributed by atoms with Gasteiger partial charge in [0.25, 0.3) is 11.5 Å². The third kappa shape index (κ3) is 3.29. The molecule has 0 spiro atoms. The zero-order valence-electron chi connectivity index (χ0n) is 13.4. The number of halogens is 1. The van der Waals surface area contributed by atoms with E-state index in [4.69, 9.17) is 11.6 Å². The highest BCUT2D eigenvalue weighted by atomic mass is 35.5. The van der Waals surface area contributed by atoms with Crippen molar-refractivity contribution < 1.29 is 4.79 Å². The summed E-state index contributed by atoms with van der Waals surface area (Å²) in [4.78, 5) is 29.0. The molecule has 1 aliphatic rings. The highest BCUT2D eigenvalue weighted by Crippen LogP contribution is 2.38. The minimum atomic E-state index is -0.721. The molecule has 1 unspecified atom stereocenters. The normalized spacial score (nSPS) is 15.3. The minimum absolute atomic E-state index is 0.289. The maximum Gasteiger partial charge on any atom is 0.267 e. The third-order valence-corrected chi connectivity index (χ3v) is 5.34. The molecule has 0 bridgehead atoms. The summed E-state index contributed by atoms with van der Waals surface area (Å²) < 4.78 is 2.13. The van der Waals surface area contributed by atoms with E-state index in [0.717, 1.165) is 28.8 Å². The SMILES string of the molecule is CC(C(=O)Nc1nc2ccc(Cl)cc2s1)n1nc(C2CC2)ccc1=O. The number of anilines is 1. The van der Waals surface area contributed by atoms with Crippen LogP contribution in [0.5, 0.6) is 0 Å². The van der Waals surface area contributed by atoms with Crippen LogP contribution in [-0.4, -0.2) is 20.7 Å². The lowest BCUT2D eigenvalue weighted by Gasteiger charge is -2.13. The van der Waals surface area contributed by atoms with E-state index in [1.165, 1.54) is 22.1 Å². The Morgan fingerprint density at radius 3 is 2.92 bits per heavy atom. The summed E-state index contributed by atoms with van der Waals surface area (Å²) in [5, 5.41) is 8.22. The van der Waals surface area contributed by atoms with Crippen molar-refractivity contribution in [1.29, 1.82) is 0 Å². The van der Waals surface area contributed by atoms with Gasteiger partial charge in [0, 0.05) is 17.0 Å². The molecule has 6 nitrogen and oxygen atoms in total. The Balaban J connectivity index is 1.57. The average molecular weight is 375 g/mol. The van der Waals surface area contributed by atoms with Crippen LogP contribution in [0.25, 0.3) is 10.2 Å². The van der Waals surface area contributed by atoms with E-state index in [9.17, 15) is 9.59 Å². The van der Waals surface area contributed by atoms with E-state index in [1.807, 2.05) is 0 Å². The van der Waals surface area contributed by atoms with Gasteiger partial charge in [-0.25, -0.2) is 9.67 Å². The summed E-state index contributed by atoms with van der Waals surface area (Å²) in [5.74, 6) is 0.0869. The van der Waals surface area contributed by atoms with Crippen molar-refractivity contribution in [3.05, 3.63) is 51.4 Å². The lowest BCUT2D eigenvalue weighted by atomic mass is 10.2. The summed E-state index contributed by atoms with van der Waals surface area (Å²) in [7, 11) is 0. The topological polar surface area (TPSA) is 76.9 Å². The Hall–Kier alpha value is -2.25. The van der Waals surface area contributed by atoms with Gasteiger partial charge in [-0.3, -0.25) is 9.59 Å². The van der Waals surface area contributed by atoms with E-state index in [2.05, 4.69) is 15.4 Å². The minimum Gasteiger partial charge on any atom is -0.300 e. The average Bonchev–Trinajstić information content (AvgIpc) is 3.35. The molecular weight excluding hydrogens is 360 g/mol. The Bertz CT molecular complexity index is 1020. The molecule has 1 fully saturated rings. The number of carbonyl (C=O) groups excluding carboxylic acids is 1. The van der Waals surface area contributed by atoms with Crippen LogP contribution >= 0.6 is 22.9 Å². The lowest BCUT2D eigenvalue weighted by molar-refractivity contribution is -0.119. The van der Waals surface area contributed by atoms with Crippen molar-refractivity contribution in [1.82, 2.24) is 14.8 Å². The Morgan fingerprint density at radius 1 is 1.36 bits per heavy atom. The molecule has 2 aromatic heterocycles. The van der Waals surface area contributed by atoms with Gasteiger partial charge < -0.3 is 5.32 Å². The number of carbonyl (C=O) groups is 1. The number of nitrogens with one attached hydrogen (secondary N) is 1. The number of aromatic nitrogens is 3. The van der Waals surface area contributed by atoms with Gasteiger partial charge in [0.1, 0.15) is 6.04 Å². The van der Waals surface area contributed by atoms with Gasteiger partial charge in [-0.2, -0.15) is 5.10 Å². The molecule has 25 heavy (non-hydrogen) atoms. The van der Waals surface area contributed by atoms with Crippen LogP contribution in [0.4, 0.5) is 5.13 Å². The van der Waals surface area contributed by atoms with Crippen molar-refractivity contribution in [3.63, 3.8) is 0 Å². The molecule has 4 rings (SSSR count). The van der Waals surface area contributed by atoms with E-state index in [0.29, 0.717) is 16.1 Å². The van der Waals surface area contributed by atoms with Crippen molar-refractivity contribution in [3.8, 4) is 0 Å². The number of hydrogen-bond donors (Lipinski definition) is 1. The molecule has 128 valence electrons. The van der Waals surface area contributed by atoms with E-state index in [1.54, 1.807) is 31.2 Å². The number of benzene rings is 1. The first-order chi connectivity index (χ1) is 12.0. The molecular formula is C17H15ClN4O2S. The van der Waals surface area contributed by atoms with E-state index >= 15 is 0 Å². The first-order valence-corrected chi connectivity index (χ1v) is 9.17. The number of hydrogen-bond acceptors (Lipinski definition) is 5. The largest absolute Gasteiger partial charge is 0.300 e. The number of fused-ring (bicyclic) bond motifs is 1. The number of amides is 1. The highest BCUT2D eigenvalue weighted by molar-refractivity contribution is 7.22. The van der Waals surface area contributed by atoms with Crippen molar-refractivity contribution in [2.75, 3.05) is 5.32 Å². The molecule has 1 atom stereocenters. The van der Waals surface area contributed by atoms with Crippen LogP contribution in [-0.2, 0) is 4.79 Å². The Morgan fingerprint density at radius 2 is 2.16 bits per heavy atom. The van der Waals surface area contributed by atoms with Crippen LogP contribution in [0, 0.1) is 0 Å². The predicted octanol–water partition coefficient (Wildman–Crippen LogP) is 3.58. The van der Waals surface area contributed by atoms with Gasteiger partial charge >= 0.3 is 0 Å². The van der Waals surface area contributed by atoms with Crippen LogP contribution in [0.1, 0.15) is 37.4 Å². The Labute approximate surface area is 152 Å². The first-order valence-electron chi connectivity index (χ1n) is 7.98. The predicted molar refractivity (Wildman–Crippen MR) is 98.4 cm³/mol. The second kappa shape index (κ2) is 6.24. The van der Waals surface area contributed by atoms with Crippen molar-refractivity contribution in [2.45, 2.75) is 31.7 Å². The zero-order valence-corrected chi connectivity index (χ0v) is 15.0. The van der Waals surface area contributed by atoms with Crippen LogP contribution < -0.4 is 10.9 Å². The fourth-order valence-corrected chi connectivity index (χ4v) is 3.73. The monoisotopic (exact) mass is 374 g/mol. The summed E-state index contributed by atoms with van der Waals surface area (Å²) in [6, 6.07) is 7.87. The molecule has 8 heteroatoms. The lowest BCUT2D eigenvalue weighted by Crippen LogP contribution is -2.33. The smallest absolute Gasteiger partial charge is 0.267 e. The number of nitrogens with zero attached hydrogens (tertiary/aromatic N) is 3. The second-order valence-electron chi connectivity index (χ2n) is 6.11. The van der Waals surface area contributed by atoms with Crippen molar-refractivity contribution >= 4 is 44.2 Å². The van der Waals surface area contributed by atoms with Gasteiger partial charge in [0.15, 0.2) is 5.13 Å². The molecule has 0 aliphatic heterocycles. The van der Waals surface area contributed by atoms with Gasteiger partial charge in [-0.15, -0.1) is 0 Å². The quantitative estimate of drug-likeness (QED) is 0.757. The zero-order chi connectivity index (χ0) is 17.6. The first kappa shape index (κ1) is 16.2. The summed E-state index contributed by atoms with van der Waals surface area (Å²) >= 11 is 7.31. The number of thiazole rings is 1. The maximum atomic E-state index is 12.5. The molecule has 2 heterocycles.